The molecule has 0 fully saturated rings. The number of nitrogens with one attached hydrogen (secondary N) is 2. The molecule has 164 valence electrons. The molecule has 0 aliphatic heterocycles. The van der Waals surface area contributed by atoms with Crippen molar-refractivity contribution < 1.29 is 9.53 Å². The van der Waals surface area contributed by atoms with Crippen LogP contribution in [0.3, 0.4) is 0 Å². The van der Waals surface area contributed by atoms with Crippen LogP contribution in [-0.2, 0) is 12.8 Å². The van der Waals surface area contributed by atoms with E-state index in [0.29, 0.717) is 34.4 Å². The van der Waals surface area contributed by atoms with E-state index in [1.807, 2.05) is 13.0 Å². The number of hydrogen-bond donors (Lipinski definition) is 2. The van der Waals surface area contributed by atoms with Gasteiger partial charge in [0.15, 0.2) is 5.11 Å². The van der Waals surface area contributed by atoms with Crippen LogP contribution in [0.25, 0.3) is 0 Å². The van der Waals surface area contributed by atoms with Gasteiger partial charge in [0.05, 0.1) is 12.2 Å². The van der Waals surface area contributed by atoms with Crippen LogP contribution in [0.2, 0.25) is 0 Å². The minimum atomic E-state index is -0.313. The first-order chi connectivity index (χ1) is 14.7. The monoisotopic (exact) mass is 455 g/mol. The van der Waals surface area contributed by atoms with Gasteiger partial charge in [-0.25, -0.2) is 0 Å². The third-order valence-electron chi connectivity index (χ3n) is 5.63. The Morgan fingerprint density at radius 2 is 2.16 bits per heavy atom. The number of hydrogen-bond acceptors (Lipinski definition) is 5. The number of carbonyl (C=O) groups is 1. The molecule has 2 N–H and O–H groups in total. The molecule has 2 aromatic rings. The second-order valence-electron chi connectivity index (χ2n) is 8.91. The zero-order chi connectivity index (χ0) is 22.6. The molecular formula is C24H29N3O2S2. The molecule has 0 saturated carbocycles. The molecular weight excluding hydrogens is 426 g/mol. The first kappa shape index (κ1) is 23.2. The van der Waals surface area contributed by atoms with Gasteiger partial charge in [0.2, 0.25) is 0 Å². The summed E-state index contributed by atoms with van der Waals surface area (Å²) in [6.07, 6.45) is 3.86. The van der Waals surface area contributed by atoms with Crippen LogP contribution in [0.1, 0.15) is 66.9 Å². The molecule has 31 heavy (non-hydrogen) atoms. The molecule has 0 unspecified atom stereocenters. The maximum absolute atomic E-state index is 12.6. The van der Waals surface area contributed by atoms with Crippen LogP contribution in [-0.4, -0.2) is 17.6 Å². The zero-order valence-electron chi connectivity index (χ0n) is 18.5. The number of amides is 1. The predicted octanol–water partition coefficient (Wildman–Crippen LogP) is 5.69. The molecule has 7 heteroatoms. The lowest BCUT2D eigenvalue weighted by Crippen LogP contribution is -2.34. The standard InChI is InChI=1S/C24H29N3O2S2/c1-5-11-29-17-8-6-7-15(12-17)21(28)26-23(30)27-22-19(14-25)18-10-9-16(24(2,3)4)13-20(18)31-22/h6-8,12,16H,5,9-11,13H2,1-4H3,(H2,26,27,28,30)/t16-/m1/s1. The molecule has 1 aliphatic rings. The molecule has 1 aliphatic carbocycles. The maximum atomic E-state index is 12.6. The van der Waals surface area contributed by atoms with Crippen LogP contribution < -0.4 is 15.4 Å². The van der Waals surface area contributed by atoms with Crippen molar-refractivity contribution in [3.63, 3.8) is 0 Å². The van der Waals surface area contributed by atoms with Gasteiger partial charge in [-0.2, -0.15) is 5.26 Å². The summed E-state index contributed by atoms with van der Waals surface area (Å²) >= 11 is 6.95. The quantitative estimate of drug-likeness (QED) is 0.567. The van der Waals surface area contributed by atoms with Crippen molar-refractivity contribution in [3.05, 3.63) is 45.8 Å². The van der Waals surface area contributed by atoms with Crippen molar-refractivity contribution in [2.24, 2.45) is 11.3 Å². The summed E-state index contributed by atoms with van der Waals surface area (Å²) in [5.41, 5.74) is 2.49. The number of rotatable bonds is 5. The summed E-state index contributed by atoms with van der Waals surface area (Å²) in [4.78, 5) is 13.9. The van der Waals surface area contributed by atoms with Gasteiger partial charge in [-0.3, -0.25) is 10.1 Å². The fourth-order valence-electron chi connectivity index (χ4n) is 3.79. The Kier molecular flexibility index (Phi) is 7.34. The van der Waals surface area contributed by atoms with Gasteiger partial charge >= 0.3 is 0 Å². The molecule has 3 rings (SSSR count). The van der Waals surface area contributed by atoms with Crippen LogP contribution in [0.5, 0.6) is 5.75 Å². The van der Waals surface area contributed by atoms with E-state index in [1.165, 1.54) is 4.88 Å². The number of thiocarbonyl (C=S) groups is 1. The van der Waals surface area contributed by atoms with Crippen molar-refractivity contribution in [2.75, 3.05) is 11.9 Å². The molecule has 1 aromatic heterocycles. The lowest BCUT2D eigenvalue weighted by Gasteiger charge is -2.33. The largest absolute Gasteiger partial charge is 0.494 e. The number of carbonyl (C=O) groups excluding carboxylic acids is 1. The van der Waals surface area contributed by atoms with Crippen LogP contribution in [0, 0.1) is 22.7 Å². The summed E-state index contributed by atoms with van der Waals surface area (Å²) in [5.74, 6) is 0.929. The highest BCUT2D eigenvalue weighted by Gasteiger charge is 2.32. The summed E-state index contributed by atoms with van der Waals surface area (Å²) < 4.78 is 5.59. The van der Waals surface area contributed by atoms with E-state index < -0.39 is 0 Å². The molecule has 0 bridgehead atoms. The molecule has 5 nitrogen and oxygen atoms in total. The van der Waals surface area contributed by atoms with E-state index in [4.69, 9.17) is 17.0 Å². The minimum Gasteiger partial charge on any atom is -0.494 e. The topological polar surface area (TPSA) is 74.2 Å². The number of thiophene rings is 1. The van der Waals surface area contributed by atoms with E-state index in [9.17, 15) is 10.1 Å². The molecule has 0 spiro atoms. The number of fused-ring (bicyclic) bond motifs is 1. The summed E-state index contributed by atoms with van der Waals surface area (Å²) in [5, 5.41) is 16.4. The molecule has 1 atom stereocenters. The Balaban J connectivity index is 1.69. The van der Waals surface area contributed by atoms with E-state index in [2.05, 4.69) is 37.5 Å². The molecule has 1 amide bonds. The second kappa shape index (κ2) is 9.80. The van der Waals surface area contributed by atoms with Crippen LogP contribution in [0.15, 0.2) is 24.3 Å². The summed E-state index contributed by atoms with van der Waals surface area (Å²) in [6.45, 7) is 9.44. The van der Waals surface area contributed by atoms with Crippen molar-refractivity contribution in [1.29, 1.82) is 5.26 Å². The number of anilines is 1. The summed E-state index contributed by atoms with van der Waals surface area (Å²) in [6, 6.07) is 9.35. The Bertz CT molecular complexity index is 1010. The van der Waals surface area contributed by atoms with Gasteiger partial charge in [0.1, 0.15) is 16.8 Å². The van der Waals surface area contributed by atoms with Gasteiger partial charge < -0.3 is 10.1 Å². The summed E-state index contributed by atoms with van der Waals surface area (Å²) in [7, 11) is 0. The maximum Gasteiger partial charge on any atom is 0.257 e. The smallest absolute Gasteiger partial charge is 0.257 e. The van der Waals surface area contributed by atoms with Gasteiger partial charge in [-0.05, 0) is 73.0 Å². The number of benzene rings is 1. The fourth-order valence-corrected chi connectivity index (χ4v) is 5.33. The molecule has 0 radical (unpaired) electrons. The molecule has 0 saturated heterocycles. The van der Waals surface area contributed by atoms with Crippen molar-refractivity contribution in [2.45, 2.75) is 53.4 Å². The Labute approximate surface area is 193 Å². The number of ether oxygens (including phenoxy) is 1. The average Bonchev–Trinajstić information content (AvgIpc) is 3.07. The third kappa shape index (κ3) is 5.63. The van der Waals surface area contributed by atoms with Crippen molar-refractivity contribution in [3.8, 4) is 11.8 Å². The van der Waals surface area contributed by atoms with Gasteiger partial charge in [-0.15, -0.1) is 11.3 Å². The second-order valence-corrected chi connectivity index (χ2v) is 10.4. The Morgan fingerprint density at radius 1 is 1.39 bits per heavy atom. The van der Waals surface area contributed by atoms with E-state index in [-0.39, 0.29) is 16.4 Å². The third-order valence-corrected chi connectivity index (χ3v) is 7.00. The highest BCUT2D eigenvalue weighted by molar-refractivity contribution is 7.80. The zero-order valence-corrected chi connectivity index (χ0v) is 20.1. The Morgan fingerprint density at radius 3 is 2.84 bits per heavy atom. The highest BCUT2D eigenvalue weighted by atomic mass is 32.1. The fraction of sp³-hybridized carbons (Fsp3) is 0.458. The molecule has 1 heterocycles. The number of nitrogens with zero attached hydrogens (tertiary/aromatic N) is 1. The van der Waals surface area contributed by atoms with E-state index >= 15 is 0 Å². The highest BCUT2D eigenvalue weighted by Crippen LogP contribution is 2.43. The Hall–Kier alpha value is -2.43. The lowest BCUT2D eigenvalue weighted by atomic mass is 9.72. The van der Waals surface area contributed by atoms with Gasteiger partial charge in [0, 0.05) is 10.4 Å². The number of nitriles is 1. The predicted molar refractivity (Wildman–Crippen MR) is 130 cm³/mol. The van der Waals surface area contributed by atoms with Crippen molar-refractivity contribution >= 4 is 39.6 Å². The first-order valence-corrected chi connectivity index (χ1v) is 11.8. The minimum absolute atomic E-state index is 0.187. The van der Waals surface area contributed by atoms with E-state index in [0.717, 1.165) is 31.2 Å². The van der Waals surface area contributed by atoms with Gasteiger partial charge in [-0.1, -0.05) is 33.8 Å². The average molecular weight is 456 g/mol. The van der Waals surface area contributed by atoms with E-state index in [1.54, 1.807) is 29.5 Å². The molecule has 1 aromatic carbocycles. The van der Waals surface area contributed by atoms with Gasteiger partial charge in [0.25, 0.3) is 5.91 Å². The lowest BCUT2D eigenvalue weighted by molar-refractivity contribution is 0.0977. The van der Waals surface area contributed by atoms with Crippen LogP contribution >= 0.6 is 23.6 Å². The first-order valence-electron chi connectivity index (χ1n) is 10.6. The van der Waals surface area contributed by atoms with Crippen molar-refractivity contribution in [1.82, 2.24) is 5.32 Å². The SMILES string of the molecule is CCCOc1cccc(C(=O)NC(=S)Nc2sc3c(c2C#N)CC[C@@H](C(C)(C)C)C3)c1. The van der Waals surface area contributed by atoms with Crippen LogP contribution in [0.4, 0.5) is 5.00 Å². The normalized spacial score (nSPS) is 15.5.